The number of likely N-dealkylation sites (tertiary alicyclic amines) is 1. The maximum absolute atomic E-state index is 12.0. The number of methoxy groups -OCH3 is 1. The Bertz CT molecular complexity index is 468. The molecule has 1 fully saturated rings. The zero-order valence-electron chi connectivity index (χ0n) is 15.2. The van der Waals surface area contributed by atoms with Crippen LogP contribution in [0.2, 0.25) is 0 Å². The molecule has 1 aliphatic rings. The van der Waals surface area contributed by atoms with E-state index in [1.54, 1.807) is 4.90 Å². The van der Waals surface area contributed by atoms with E-state index in [2.05, 4.69) is 10.1 Å². The van der Waals surface area contributed by atoms with Gasteiger partial charge in [-0.15, -0.1) is 0 Å². The van der Waals surface area contributed by atoms with Gasteiger partial charge in [0.1, 0.15) is 5.60 Å². The number of hydrogen-bond acceptors (Lipinski definition) is 7. The van der Waals surface area contributed by atoms with Crippen LogP contribution in [0.25, 0.3) is 0 Å². The fourth-order valence-corrected chi connectivity index (χ4v) is 2.31. The molecule has 0 radical (unpaired) electrons. The van der Waals surface area contributed by atoms with Gasteiger partial charge in [-0.05, 0) is 39.5 Å². The van der Waals surface area contributed by atoms with Crippen molar-refractivity contribution in [2.45, 2.75) is 45.3 Å². The van der Waals surface area contributed by atoms with Crippen molar-refractivity contribution >= 4 is 18.2 Å². The Kier molecular flexibility index (Phi) is 7.95. The highest BCUT2D eigenvalue weighted by Gasteiger charge is 2.28. The van der Waals surface area contributed by atoms with E-state index in [-0.39, 0.29) is 18.6 Å². The van der Waals surface area contributed by atoms with Gasteiger partial charge in [0.05, 0.1) is 20.3 Å². The van der Waals surface area contributed by atoms with Crippen molar-refractivity contribution in [1.82, 2.24) is 10.2 Å². The van der Waals surface area contributed by atoms with E-state index in [1.807, 2.05) is 20.8 Å². The van der Waals surface area contributed by atoms with Crippen LogP contribution in [-0.4, -0.2) is 73.2 Å². The molecule has 25 heavy (non-hydrogen) atoms. The van der Waals surface area contributed by atoms with Crippen LogP contribution in [-0.2, 0) is 19.0 Å². The second-order valence-corrected chi connectivity index (χ2v) is 6.91. The van der Waals surface area contributed by atoms with Crippen LogP contribution in [0.4, 0.5) is 9.59 Å². The molecule has 1 heterocycles. The number of esters is 1. The highest BCUT2D eigenvalue weighted by Crippen LogP contribution is 2.20. The van der Waals surface area contributed by atoms with Crippen LogP contribution >= 0.6 is 0 Å². The van der Waals surface area contributed by atoms with E-state index < -0.39 is 30.3 Å². The van der Waals surface area contributed by atoms with Gasteiger partial charge in [-0.25, -0.2) is 14.4 Å². The molecule has 0 aliphatic carbocycles. The molecule has 144 valence electrons. The molecule has 0 bridgehead atoms. The molecule has 1 aliphatic heterocycles. The third-order valence-corrected chi connectivity index (χ3v) is 3.68. The lowest BCUT2D eigenvalue weighted by atomic mass is 9.98. The molecule has 0 aromatic carbocycles. The van der Waals surface area contributed by atoms with Crippen molar-refractivity contribution in [2.75, 3.05) is 33.4 Å². The monoisotopic (exact) mass is 360 g/mol. The van der Waals surface area contributed by atoms with Gasteiger partial charge in [0.25, 0.3) is 0 Å². The number of nitrogens with zero attached hydrogens (tertiary/aromatic N) is 1. The first-order valence-electron chi connectivity index (χ1n) is 8.26. The van der Waals surface area contributed by atoms with E-state index in [0.29, 0.717) is 25.9 Å². The normalized spacial score (nSPS) is 16.8. The summed E-state index contributed by atoms with van der Waals surface area (Å²) >= 11 is 0. The van der Waals surface area contributed by atoms with Gasteiger partial charge >= 0.3 is 18.2 Å². The van der Waals surface area contributed by atoms with Gasteiger partial charge in [-0.1, -0.05) is 0 Å². The van der Waals surface area contributed by atoms with Crippen molar-refractivity contribution in [3.63, 3.8) is 0 Å². The van der Waals surface area contributed by atoms with Crippen molar-refractivity contribution in [1.29, 1.82) is 0 Å². The average molecular weight is 360 g/mol. The van der Waals surface area contributed by atoms with Crippen molar-refractivity contribution in [3.8, 4) is 0 Å². The minimum atomic E-state index is -1.15. The first-order valence-corrected chi connectivity index (χ1v) is 8.26. The summed E-state index contributed by atoms with van der Waals surface area (Å²) in [7, 11) is 1.16. The minimum absolute atomic E-state index is 0.120. The van der Waals surface area contributed by atoms with Crippen molar-refractivity contribution in [2.24, 2.45) is 5.92 Å². The molecule has 9 nitrogen and oxygen atoms in total. The van der Waals surface area contributed by atoms with E-state index in [9.17, 15) is 14.4 Å². The number of alkyl carbamates (subject to hydrolysis) is 1. The summed E-state index contributed by atoms with van der Waals surface area (Å²) in [6.07, 6.45) is 0.243. The molecule has 0 aromatic rings. The lowest BCUT2D eigenvalue weighted by molar-refractivity contribution is -0.144. The molecule has 1 saturated heterocycles. The molecule has 1 unspecified atom stereocenters. The van der Waals surface area contributed by atoms with Crippen molar-refractivity contribution < 1.29 is 33.7 Å². The molecule has 2 amide bonds. The smallest absolute Gasteiger partial charge is 0.410 e. The first kappa shape index (κ1) is 21.0. The highest BCUT2D eigenvalue weighted by molar-refractivity contribution is 5.81. The van der Waals surface area contributed by atoms with E-state index >= 15 is 0 Å². The number of amides is 2. The molecule has 0 aromatic heterocycles. The standard InChI is InChI=1S/C16H28N2O7/c1-16(2,3)25-15(22)18-7-5-11(6-8-18)10-24-14(21)17-12(9-19)13(20)23-4/h11-12,19H,5-10H2,1-4H3,(H,17,21). The second-order valence-electron chi connectivity index (χ2n) is 6.91. The maximum atomic E-state index is 12.0. The number of nitrogens with one attached hydrogen (secondary N) is 1. The van der Waals surface area contributed by atoms with Gasteiger partial charge in [0.15, 0.2) is 6.04 Å². The Morgan fingerprint density at radius 1 is 1.24 bits per heavy atom. The molecule has 0 spiro atoms. The fraction of sp³-hybridized carbons (Fsp3) is 0.812. The van der Waals surface area contributed by atoms with Crippen LogP contribution in [0, 0.1) is 5.92 Å². The number of rotatable bonds is 5. The topological polar surface area (TPSA) is 114 Å². The van der Waals surface area contributed by atoms with Crippen molar-refractivity contribution in [3.05, 3.63) is 0 Å². The lowest BCUT2D eigenvalue weighted by Crippen LogP contribution is -2.45. The third kappa shape index (κ3) is 7.59. The molecular formula is C16H28N2O7. The Labute approximate surface area is 147 Å². The predicted molar refractivity (Wildman–Crippen MR) is 87.9 cm³/mol. The van der Waals surface area contributed by atoms with Gasteiger partial charge in [0.2, 0.25) is 0 Å². The Balaban J connectivity index is 2.31. The fourth-order valence-electron chi connectivity index (χ4n) is 2.31. The van der Waals surface area contributed by atoms with Crippen LogP contribution in [0.5, 0.6) is 0 Å². The number of piperidine rings is 1. The summed E-state index contributed by atoms with van der Waals surface area (Å²) in [5, 5.41) is 11.3. The SMILES string of the molecule is COC(=O)C(CO)NC(=O)OCC1CCN(C(=O)OC(C)(C)C)CC1. The molecular weight excluding hydrogens is 332 g/mol. The number of aliphatic hydroxyl groups is 1. The van der Waals surface area contributed by atoms with Crippen LogP contribution in [0.15, 0.2) is 0 Å². The molecule has 1 atom stereocenters. The van der Waals surface area contributed by atoms with Crippen LogP contribution < -0.4 is 5.32 Å². The summed E-state index contributed by atoms with van der Waals surface area (Å²) in [5.74, 6) is -0.625. The summed E-state index contributed by atoms with van der Waals surface area (Å²) < 4.78 is 14.9. The maximum Gasteiger partial charge on any atom is 0.410 e. The zero-order valence-corrected chi connectivity index (χ0v) is 15.2. The number of aliphatic hydroxyl groups excluding tert-OH is 1. The highest BCUT2D eigenvalue weighted by atomic mass is 16.6. The molecule has 1 rings (SSSR count). The molecule has 9 heteroatoms. The number of hydrogen-bond donors (Lipinski definition) is 2. The summed E-state index contributed by atoms with van der Waals surface area (Å²) in [6.45, 7) is 6.12. The number of carbonyl (C=O) groups is 3. The van der Waals surface area contributed by atoms with Gasteiger partial charge in [-0.2, -0.15) is 0 Å². The Morgan fingerprint density at radius 2 is 1.84 bits per heavy atom. The van der Waals surface area contributed by atoms with Crippen LogP contribution in [0.3, 0.4) is 0 Å². The summed E-state index contributed by atoms with van der Waals surface area (Å²) in [4.78, 5) is 36.6. The minimum Gasteiger partial charge on any atom is -0.467 e. The van der Waals surface area contributed by atoms with E-state index in [1.165, 1.54) is 0 Å². The van der Waals surface area contributed by atoms with Gasteiger partial charge in [-0.3, -0.25) is 0 Å². The molecule has 2 N–H and O–H groups in total. The average Bonchev–Trinajstić information content (AvgIpc) is 2.56. The number of carbonyl (C=O) groups excluding carboxylic acids is 3. The second kappa shape index (κ2) is 9.45. The Morgan fingerprint density at radius 3 is 2.32 bits per heavy atom. The number of ether oxygens (including phenoxy) is 3. The quantitative estimate of drug-likeness (QED) is 0.553. The van der Waals surface area contributed by atoms with E-state index in [0.717, 1.165) is 7.11 Å². The summed E-state index contributed by atoms with van der Waals surface area (Å²) in [6, 6.07) is -1.15. The largest absolute Gasteiger partial charge is 0.467 e. The first-order chi connectivity index (χ1) is 11.7. The molecule has 0 saturated carbocycles. The lowest BCUT2D eigenvalue weighted by Gasteiger charge is -2.33. The predicted octanol–water partition coefficient (Wildman–Crippen LogP) is 0.894. The van der Waals surface area contributed by atoms with Gasteiger partial charge in [0, 0.05) is 13.1 Å². The third-order valence-electron chi connectivity index (χ3n) is 3.68. The zero-order chi connectivity index (χ0) is 19.0. The van der Waals surface area contributed by atoms with Crippen LogP contribution in [0.1, 0.15) is 33.6 Å². The Hall–Kier alpha value is -2.03. The summed E-state index contributed by atoms with van der Waals surface area (Å²) in [5.41, 5.74) is -0.530. The van der Waals surface area contributed by atoms with Gasteiger partial charge < -0.3 is 29.5 Å². The van der Waals surface area contributed by atoms with E-state index in [4.69, 9.17) is 14.6 Å².